The van der Waals surface area contributed by atoms with Crippen LogP contribution in [-0.4, -0.2) is 40.9 Å². The number of thioether (sulfide) groups is 1. The highest BCUT2D eigenvalue weighted by Crippen LogP contribution is 2.40. The van der Waals surface area contributed by atoms with E-state index in [2.05, 4.69) is 11.6 Å². The highest BCUT2D eigenvalue weighted by Gasteiger charge is 2.41. The third kappa shape index (κ3) is 4.14. The summed E-state index contributed by atoms with van der Waals surface area (Å²) in [6.07, 6.45) is 2.85. The number of nitrogens with zero attached hydrogens (tertiary/aromatic N) is 2. The minimum atomic E-state index is -0.564. The van der Waals surface area contributed by atoms with E-state index in [1.54, 1.807) is 11.8 Å². The molecule has 6 nitrogen and oxygen atoms in total. The van der Waals surface area contributed by atoms with Crippen molar-refractivity contribution in [2.45, 2.75) is 32.7 Å². The predicted molar refractivity (Wildman–Crippen MR) is 110 cm³/mol. The van der Waals surface area contributed by atoms with Crippen molar-refractivity contribution in [2.24, 2.45) is 4.99 Å². The average molecular weight is 401 g/mol. The number of amidine groups is 1. The van der Waals surface area contributed by atoms with Gasteiger partial charge in [0.05, 0.1) is 23.9 Å². The van der Waals surface area contributed by atoms with Gasteiger partial charge in [-0.1, -0.05) is 43.5 Å². The Balaban J connectivity index is 2.01. The fourth-order valence-corrected chi connectivity index (χ4v) is 4.16. The molecular formula is C21H24N2O4S. The van der Waals surface area contributed by atoms with Crippen molar-refractivity contribution in [2.75, 3.05) is 19.0 Å². The van der Waals surface area contributed by atoms with Gasteiger partial charge in [0.25, 0.3) is 0 Å². The van der Waals surface area contributed by atoms with Crippen LogP contribution in [-0.2, 0) is 14.3 Å². The number of fused-ring (bicyclic) bond motifs is 1. The molecular weight excluding hydrogens is 376 g/mol. The number of allylic oxidation sites excluding steroid dienone is 1. The fourth-order valence-electron chi connectivity index (χ4n) is 3.15. The number of aliphatic imine (C=N–C) groups is 1. The molecule has 0 N–H and O–H groups in total. The molecule has 1 amide bonds. The molecule has 1 aromatic rings. The van der Waals surface area contributed by atoms with Crippen LogP contribution in [0.4, 0.5) is 0 Å². The Hall–Kier alpha value is -2.54. The van der Waals surface area contributed by atoms with E-state index in [0.717, 1.165) is 17.7 Å². The lowest BCUT2D eigenvalue weighted by Crippen LogP contribution is -2.45. The van der Waals surface area contributed by atoms with Crippen molar-refractivity contribution in [3.8, 4) is 5.75 Å². The van der Waals surface area contributed by atoms with Gasteiger partial charge in [-0.15, -0.1) is 0 Å². The maximum Gasteiger partial charge on any atom is 0.338 e. The smallest absolute Gasteiger partial charge is 0.338 e. The molecule has 1 fully saturated rings. The lowest BCUT2D eigenvalue weighted by molar-refractivity contribution is -0.139. The molecule has 7 heteroatoms. The number of carbonyl (C=O) groups excluding carboxylic acids is 2. The topological polar surface area (TPSA) is 68.2 Å². The number of esters is 1. The van der Waals surface area contributed by atoms with Crippen molar-refractivity contribution in [3.05, 3.63) is 53.8 Å². The van der Waals surface area contributed by atoms with Gasteiger partial charge in [0.1, 0.15) is 12.4 Å². The second-order valence-corrected chi connectivity index (χ2v) is 7.52. The molecule has 0 radical (unpaired) electrons. The molecule has 1 saturated heterocycles. The van der Waals surface area contributed by atoms with Gasteiger partial charge < -0.3 is 9.47 Å². The number of hydrogen-bond donors (Lipinski definition) is 0. The summed E-state index contributed by atoms with van der Waals surface area (Å²) in [4.78, 5) is 31.6. The Morgan fingerprint density at radius 2 is 2.14 bits per heavy atom. The second kappa shape index (κ2) is 9.10. The summed E-state index contributed by atoms with van der Waals surface area (Å²) in [6, 6.07) is 6.93. The van der Waals surface area contributed by atoms with Crippen LogP contribution in [0.5, 0.6) is 5.75 Å². The van der Waals surface area contributed by atoms with Gasteiger partial charge >= 0.3 is 5.97 Å². The van der Waals surface area contributed by atoms with E-state index in [0.29, 0.717) is 35.2 Å². The molecule has 0 bridgehead atoms. The van der Waals surface area contributed by atoms with Crippen molar-refractivity contribution < 1.29 is 19.1 Å². The standard InChI is InChI=1S/C21H24N2O4S/c1-4-11-26-16-8-6-15(7-9-16)19-18(20(25)27-12-5-2)14(3)22-21-23(19)17(24)10-13-28-21/h5-9,19H,2,4,10-13H2,1,3H3. The molecule has 2 heterocycles. The van der Waals surface area contributed by atoms with Crippen molar-refractivity contribution in [3.63, 3.8) is 0 Å². The lowest BCUT2D eigenvalue weighted by Gasteiger charge is -2.38. The van der Waals surface area contributed by atoms with Gasteiger partial charge in [0, 0.05) is 12.2 Å². The van der Waals surface area contributed by atoms with Crippen molar-refractivity contribution in [1.82, 2.24) is 4.90 Å². The number of rotatable bonds is 7. The number of amides is 1. The molecule has 0 saturated carbocycles. The first-order valence-electron chi connectivity index (χ1n) is 9.32. The number of ether oxygens (including phenoxy) is 2. The van der Waals surface area contributed by atoms with Crippen molar-refractivity contribution >= 4 is 28.8 Å². The first-order chi connectivity index (χ1) is 13.6. The maximum absolute atomic E-state index is 12.8. The van der Waals surface area contributed by atoms with E-state index in [1.165, 1.54) is 17.8 Å². The number of benzene rings is 1. The Kier molecular flexibility index (Phi) is 6.57. The Bertz CT molecular complexity index is 829. The molecule has 1 atom stereocenters. The third-order valence-corrected chi connectivity index (χ3v) is 5.38. The van der Waals surface area contributed by atoms with E-state index in [-0.39, 0.29) is 12.5 Å². The van der Waals surface area contributed by atoms with Crippen LogP contribution < -0.4 is 4.74 Å². The second-order valence-electron chi connectivity index (χ2n) is 6.46. The number of hydrogen-bond acceptors (Lipinski definition) is 6. The van der Waals surface area contributed by atoms with Crippen LogP contribution in [0.3, 0.4) is 0 Å². The molecule has 0 spiro atoms. The highest BCUT2D eigenvalue weighted by atomic mass is 32.2. The van der Waals surface area contributed by atoms with Gasteiger partial charge in [0.2, 0.25) is 5.91 Å². The quantitative estimate of drug-likeness (QED) is 0.514. The first kappa shape index (κ1) is 20.2. The first-order valence-corrected chi connectivity index (χ1v) is 10.3. The Labute approximate surface area is 169 Å². The van der Waals surface area contributed by atoms with E-state index < -0.39 is 12.0 Å². The largest absolute Gasteiger partial charge is 0.494 e. The normalized spacial score (nSPS) is 19.1. The van der Waals surface area contributed by atoms with Gasteiger partial charge in [-0.3, -0.25) is 9.69 Å². The zero-order valence-electron chi connectivity index (χ0n) is 16.1. The molecule has 0 aliphatic carbocycles. The van der Waals surface area contributed by atoms with Gasteiger partial charge in [0.15, 0.2) is 5.17 Å². The fraction of sp³-hybridized carbons (Fsp3) is 0.381. The molecule has 3 rings (SSSR count). The van der Waals surface area contributed by atoms with Crippen LogP contribution in [0.15, 0.2) is 53.2 Å². The summed E-state index contributed by atoms with van der Waals surface area (Å²) in [5, 5.41) is 0.630. The molecule has 1 unspecified atom stereocenters. The van der Waals surface area contributed by atoms with E-state index in [4.69, 9.17) is 9.47 Å². The molecule has 2 aliphatic rings. The van der Waals surface area contributed by atoms with Gasteiger partial charge in [-0.05, 0) is 31.0 Å². The minimum Gasteiger partial charge on any atom is -0.494 e. The minimum absolute atomic E-state index is 0.0460. The average Bonchev–Trinajstić information content (AvgIpc) is 2.70. The monoisotopic (exact) mass is 400 g/mol. The predicted octanol–water partition coefficient (Wildman–Crippen LogP) is 3.85. The van der Waals surface area contributed by atoms with E-state index in [1.807, 2.05) is 31.2 Å². The Morgan fingerprint density at radius 3 is 2.82 bits per heavy atom. The molecule has 28 heavy (non-hydrogen) atoms. The van der Waals surface area contributed by atoms with Gasteiger partial charge in [-0.25, -0.2) is 9.79 Å². The van der Waals surface area contributed by atoms with Crippen LogP contribution in [0.1, 0.15) is 38.3 Å². The van der Waals surface area contributed by atoms with Crippen molar-refractivity contribution in [1.29, 1.82) is 0 Å². The summed E-state index contributed by atoms with van der Waals surface area (Å²) in [7, 11) is 0. The van der Waals surface area contributed by atoms with Crippen LogP contribution >= 0.6 is 11.8 Å². The Morgan fingerprint density at radius 1 is 1.39 bits per heavy atom. The van der Waals surface area contributed by atoms with Crippen LogP contribution in [0.2, 0.25) is 0 Å². The summed E-state index contributed by atoms with van der Waals surface area (Å²) in [6.45, 7) is 8.15. The SMILES string of the molecule is C=CCOC(=O)C1=C(C)N=C2SCCC(=O)N2C1c1ccc(OCCC)cc1. The molecule has 148 valence electrons. The molecule has 0 aromatic heterocycles. The molecule has 1 aromatic carbocycles. The van der Waals surface area contributed by atoms with Crippen LogP contribution in [0, 0.1) is 0 Å². The van der Waals surface area contributed by atoms with E-state index >= 15 is 0 Å². The highest BCUT2D eigenvalue weighted by molar-refractivity contribution is 8.14. The van der Waals surface area contributed by atoms with Gasteiger partial charge in [-0.2, -0.15) is 0 Å². The maximum atomic E-state index is 12.8. The third-order valence-electron chi connectivity index (χ3n) is 4.43. The zero-order chi connectivity index (χ0) is 20.1. The van der Waals surface area contributed by atoms with Crippen LogP contribution in [0.25, 0.3) is 0 Å². The summed E-state index contributed by atoms with van der Waals surface area (Å²) < 4.78 is 10.9. The number of carbonyl (C=O) groups is 2. The lowest BCUT2D eigenvalue weighted by atomic mass is 9.94. The zero-order valence-corrected chi connectivity index (χ0v) is 17.0. The summed E-state index contributed by atoms with van der Waals surface area (Å²) in [5.74, 6) is 0.912. The summed E-state index contributed by atoms with van der Waals surface area (Å²) in [5.41, 5.74) is 1.76. The van der Waals surface area contributed by atoms with E-state index in [9.17, 15) is 9.59 Å². The summed E-state index contributed by atoms with van der Waals surface area (Å²) >= 11 is 1.53. The molecule has 2 aliphatic heterocycles.